The van der Waals surface area contributed by atoms with Crippen molar-refractivity contribution in [2.24, 2.45) is 0 Å². The number of nitrogens with zero attached hydrogens (tertiary/aromatic N) is 1. The van der Waals surface area contributed by atoms with Gasteiger partial charge in [0.05, 0.1) is 36.0 Å². The summed E-state index contributed by atoms with van der Waals surface area (Å²) in [6.07, 6.45) is 1.51. The molecule has 192 valence electrons. The molecule has 1 unspecified atom stereocenters. The Morgan fingerprint density at radius 1 is 1.00 bits per heavy atom. The topological polar surface area (TPSA) is 89.2 Å². The SMILES string of the molecule is COc1ccc(/C(O)=C2/C(=O)C(=O)N(Cc3ccco3)C2c2ccc(OCc3ccccc3)cc2)cc1Br. The van der Waals surface area contributed by atoms with Crippen molar-refractivity contribution in [1.82, 2.24) is 4.90 Å². The van der Waals surface area contributed by atoms with Crippen molar-refractivity contribution in [2.75, 3.05) is 7.11 Å². The maximum Gasteiger partial charge on any atom is 0.296 e. The Balaban J connectivity index is 1.52. The number of ether oxygens (including phenoxy) is 2. The number of carbonyl (C=O) groups excluding carboxylic acids is 2. The first kappa shape index (κ1) is 25.4. The Morgan fingerprint density at radius 3 is 2.42 bits per heavy atom. The zero-order chi connectivity index (χ0) is 26.6. The van der Waals surface area contributed by atoms with E-state index in [2.05, 4.69) is 15.9 Å². The number of furan rings is 1. The lowest BCUT2D eigenvalue weighted by molar-refractivity contribution is -0.140. The van der Waals surface area contributed by atoms with E-state index < -0.39 is 17.7 Å². The molecule has 1 saturated heterocycles. The first-order valence-electron chi connectivity index (χ1n) is 11.9. The second-order valence-electron chi connectivity index (χ2n) is 8.70. The van der Waals surface area contributed by atoms with Crippen LogP contribution in [0, 0.1) is 0 Å². The summed E-state index contributed by atoms with van der Waals surface area (Å²) < 4.78 is 17.2. The maximum absolute atomic E-state index is 13.3. The summed E-state index contributed by atoms with van der Waals surface area (Å²) >= 11 is 3.42. The fourth-order valence-electron chi connectivity index (χ4n) is 4.42. The van der Waals surface area contributed by atoms with E-state index in [0.717, 1.165) is 5.56 Å². The van der Waals surface area contributed by atoms with Crippen LogP contribution in [0.25, 0.3) is 5.76 Å². The Hall–Kier alpha value is -4.30. The van der Waals surface area contributed by atoms with E-state index in [1.165, 1.54) is 18.3 Å². The predicted molar refractivity (Wildman–Crippen MR) is 144 cm³/mol. The van der Waals surface area contributed by atoms with Gasteiger partial charge in [0.2, 0.25) is 0 Å². The number of rotatable bonds is 8. The van der Waals surface area contributed by atoms with E-state index >= 15 is 0 Å². The van der Waals surface area contributed by atoms with Gasteiger partial charge in [0.25, 0.3) is 11.7 Å². The highest BCUT2D eigenvalue weighted by Crippen LogP contribution is 2.41. The maximum atomic E-state index is 13.3. The van der Waals surface area contributed by atoms with Crippen LogP contribution >= 0.6 is 15.9 Å². The zero-order valence-electron chi connectivity index (χ0n) is 20.5. The summed E-state index contributed by atoms with van der Waals surface area (Å²) in [7, 11) is 1.53. The van der Waals surface area contributed by atoms with E-state index in [9.17, 15) is 14.7 Å². The lowest BCUT2D eigenvalue weighted by atomic mass is 9.95. The fraction of sp³-hybridized carbons (Fsp3) is 0.133. The van der Waals surface area contributed by atoms with Crippen LogP contribution in [0.2, 0.25) is 0 Å². The van der Waals surface area contributed by atoms with E-state index in [1.807, 2.05) is 30.3 Å². The molecule has 1 aliphatic heterocycles. The average molecular weight is 574 g/mol. The number of hydrogen-bond acceptors (Lipinski definition) is 6. The van der Waals surface area contributed by atoms with Gasteiger partial charge in [0, 0.05) is 5.56 Å². The van der Waals surface area contributed by atoms with Crippen LogP contribution in [0.3, 0.4) is 0 Å². The molecule has 0 aliphatic carbocycles. The van der Waals surface area contributed by atoms with Gasteiger partial charge in [0.15, 0.2) is 0 Å². The van der Waals surface area contributed by atoms with Crippen molar-refractivity contribution in [3.8, 4) is 11.5 Å². The molecule has 0 spiro atoms. The van der Waals surface area contributed by atoms with Gasteiger partial charge < -0.3 is 23.9 Å². The minimum absolute atomic E-state index is 0.00317. The second kappa shape index (κ2) is 11.0. The van der Waals surface area contributed by atoms with Crippen LogP contribution in [0.1, 0.15) is 28.5 Å². The Bertz CT molecular complexity index is 1480. The lowest BCUT2D eigenvalue weighted by Gasteiger charge is -2.24. The van der Waals surface area contributed by atoms with Crippen LogP contribution in [0.15, 0.2) is 106 Å². The largest absolute Gasteiger partial charge is 0.507 e. The highest BCUT2D eigenvalue weighted by Gasteiger charge is 2.46. The highest BCUT2D eigenvalue weighted by atomic mass is 79.9. The summed E-state index contributed by atoms with van der Waals surface area (Å²) in [5.41, 5.74) is 2.06. The quantitative estimate of drug-likeness (QED) is 0.152. The molecule has 8 heteroatoms. The van der Waals surface area contributed by atoms with Gasteiger partial charge in [-0.2, -0.15) is 0 Å². The van der Waals surface area contributed by atoms with Crippen molar-refractivity contribution in [1.29, 1.82) is 0 Å². The lowest BCUT2D eigenvalue weighted by Crippen LogP contribution is -2.29. The number of carbonyl (C=O) groups is 2. The van der Waals surface area contributed by atoms with Gasteiger partial charge in [-0.05, 0) is 69.5 Å². The molecular formula is C30H24BrNO6. The Kier molecular flexibility index (Phi) is 7.33. The van der Waals surface area contributed by atoms with Gasteiger partial charge >= 0.3 is 0 Å². The second-order valence-corrected chi connectivity index (χ2v) is 9.55. The molecule has 4 aromatic rings. The fourth-order valence-corrected chi connectivity index (χ4v) is 4.96. The smallest absolute Gasteiger partial charge is 0.296 e. The summed E-state index contributed by atoms with van der Waals surface area (Å²) in [6, 6.07) is 24.5. The summed E-state index contributed by atoms with van der Waals surface area (Å²) in [5.74, 6) is -0.0302. The molecular weight excluding hydrogens is 550 g/mol. The number of aliphatic hydroxyl groups is 1. The number of amides is 1. The number of Topliss-reactive ketones (excluding diaryl/α,β-unsaturated/α-hetero) is 1. The predicted octanol–water partition coefficient (Wildman–Crippen LogP) is 6.25. The van der Waals surface area contributed by atoms with Gasteiger partial charge in [-0.1, -0.05) is 42.5 Å². The molecule has 1 atom stereocenters. The van der Waals surface area contributed by atoms with Crippen LogP contribution in [-0.2, 0) is 22.7 Å². The molecule has 5 rings (SSSR count). The Morgan fingerprint density at radius 2 is 1.76 bits per heavy atom. The van der Waals surface area contributed by atoms with Crippen LogP contribution in [0.5, 0.6) is 11.5 Å². The standard InChI is InChI=1S/C30H24BrNO6/c1-36-25-14-11-21(16-24(25)31)28(33)26-27(32(30(35)29(26)34)17-23-8-5-15-37-23)20-9-12-22(13-10-20)38-18-19-6-3-2-4-7-19/h2-16,27,33H,17-18H2,1H3/b28-26-. The number of ketones is 1. The van der Waals surface area contributed by atoms with Crippen molar-refractivity contribution in [3.63, 3.8) is 0 Å². The van der Waals surface area contributed by atoms with Crippen LogP contribution < -0.4 is 9.47 Å². The summed E-state index contributed by atoms with van der Waals surface area (Å²) in [4.78, 5) is 27.9. The third-order valence-electron chi connectivity index (χ3n) is 6.32. The average Bonchev–Trinajstić information content (AvgIpc) is 3.55. The number of benzene rings is 3. The van der Waals surface area contributed by atoms with E-state index in [1.54, 1.807) is 54.6 Å². The number of aliphatic hydroxyl groups excluding tert-OH is 1. The summed E-state index contributed by atoms with van der Waals surface area (Å²) in [5, 5.41) is 11.3. The van der Waals surface area contributed by atoms with E-state index in [4.69, 9.17) is 13.9 Å². The minimum Gasteiger partial charge on any atom is -0.507 e. The molecule has 0 saturated carbocycles. The molecule has 1 N–H and O–H groups in total. The molecule has 1 fully saturated rings. The van der Waals surface area contributed by atoms with Crippen LogP contribution in [0.4, 0.5) is 0 Å². The molecule has 2 heterocycles. The molecule has 0 radical (unpaired) electrons. The van der Waals surface area contributed by atoms with Crippen molar-refractivity contribution in [2.45, 2.75) is 19.2 Å². The van der Waals surface area contributed by atoms with Crippen molar-refractivity contribution >= 4 is 33.4 Å². The summed E-state index contributed by atoms with van der Waals surface area (Å²) in [6.45, 7) is 0.473. The van der Waals surface area contributed by atoms with Gasteiger partial charge in [-0.3, -0.25) is 9.59 Å². The first-order valence-corrected chi connectivity index (χ1v) is 12.7. The molecule has 3 aromatic carbocycles. The first-order chi connectivity index (χ1) is 18.5. The minimum atomic E-state index is -0.829. The van der Waals surface area contributed by atoms with Gasteiger partial charge in [-0.15, -0.1) is 0 Å². The molecule has 38 heavy (non-hydrogen) atoms. The monoisotopic (exact) mass is 573 g/mol. The van der Waals surface area contributed by atoms with E-state index in [0.29, 0.717) is 39.5 Å². The molecule has 1 aliphatic rings. The molecule has 0 bridgehead atoms. The van der Waals surface area contributed by atoms with Gasteiger partial charge in [0.1, 0.15) is 29.6 Å². The number of methoxy groups -OCH3 is 1. The normalized spacial score (nSPS) is 16.6. The third-order valence-corrected chi connectivity index (χ3v) is 6.94. The van der Waals surface area contributed by atoms with Crippen molar-refractivity contribution in [3.05, 3.63) is 124 Å². The van der Waals surface area contributed by atoms with Crippen LogP contribution in [-0.4, -0.2) is 28.8 Å². The molecule has 1 amide bonds. The molecule has 1 aromatic heterocycles. The Labute approximate surface area is 228 Å². The zero-order valence-corrected chi connectivity index (χ0v) is 22.1. The van der Waals surface area contributed by atoms with Gasteiger partial charge in [-0.25, -0.2) is 0 Å². The number of halogens is 1. The van der Waals surface area contributed by atoms with Crippen molar-refractivity contribution < 1.29 is 28.6 Å². The van der Waals surface area contributed by atoms with E-state index in [-0.39, 0.29) is 17.9 Å². The third kappa shape index (κ3) is 5.08. The number of likely N-dealkylation sites (tertiary alicyclic amines) is 1. The number of hydrogen-bond donors (Lipinski definition) is 1. The highest BCUT2D eigenvalue weighted by molar-refractivity contribution is 9.10. The molecule has 7 nitrogen and oxygen atoms in total.